The largest absolute Gasteiger partial charge is 0.503 e. The zero-order valence-electron chi connectivity index (χ0n) is 12.8. The van der Waals surface area contributed by atoms with Gasteiger partial charge in [-0.1, -0.05) is 34.8 Å². The highest BCUT2D eigenvalue weighted by Gasteiger charge is 2.14. The Morgan fingerprint density at radius 3 is 2.52 bits per heavy atom. The predicted octanol–water partition coefficient (Wildman–Crippen LogP) is 4.06. The number of ether oxygens (including phenoxy) is 1. The molecule has 2 N–H and O–H groups in total. The third kappa shape index (κ3) is 4.92. The van der Waals surface area contributed by atoms with Crippen LogP contribution in [0.4, 0.5) is 0 Å². The highest BCUT2D eigenvalue weighted by atomic mass is 35.5. The van der Waals surface area contributed by atoms with E-state index in [0.717, 1.165) is 0 Å². The minimum absolute atomic E-state index is 0.0553. The van der Waals surface area contributed by atoms with Gasteiger partial charge in [0, 0.05) is 0 Å². The van der Waals surface area contributed by atoms with Crippen LogP contribution in [0.15, 0.2) is 40.3 Å². The maximum Gasteiger partial charge on any atom is 0.276 e. The van der Waals surface area contributed by atoms with Crippen molar-refractivity contribution in [1.29, 1.82) is 0 Å². The van der Waals surface area contributed by atoms with Crippen molar-refractivity contribution in [2.45, 2.75) is 11.8 Å². The molecular formula is C15H13Cl3N2O4S. The zero-order valence-corrected chi connectivity index (χ0v) is 15.9. The number of halogens is 3. The van der Waals surface area contributed by atoms with Gasteiger partial charge in [-0.15, -0.1) is 0 Å². The van der Waals surface area contributed by atoms with E-state index in [0.29, 0.717) is 12.2 Å². The Bertz CT molecular complexity index is 917. The summed E-state index contributed by atoms with van der Waals surface area (Å²) in [6.45, 7) is 2.08. The number of rotatable bonds is 6. The Balaban J connectivity index is 2.21. The molecule has 2 rings (SSSR count). The van der Waals surface area contributed by atoms with Crippen molar-refractivity contribution in [1.82, 2.24) is 4.83 Å². The highest BCUT2D eigenvalue weighted by molar-refractivity contribution is 7.89. The van der Waals surface area contributed by atoms with Crippen molar-refractivity contribution in [3.8, 4) is 11.5 Å². The standard InChI is InChI=1S/C15H13Cl3N2O4S/c1-2-24-14-6-9(5-13(18)15(14)21)8-19-20-25(22,23)10-3-4-11(16)12(17)7-10/h3-8,20-21H,2H2,1H3/b19-8+. The minimum atomic E-state index is -3.91. The van der Waals surface area contributed by atoms with E-state index in [1.165, 1.54) is 36.5 Å². The van der Waals surface area contributed by atoms with Crippen molar-refractivity contribution >= 4 is 51.0 Å². The Morgan fingerprint density at radius 2 is 1.88 bits per heavy atom. The third-order valence-electron chi connectivity index (χ3n) is 2.94. The maximum atomic E-state index is 12.2. The van der Waals surface area contributed by atoms with Gasteiger partial charge in [0.05, 0.1) is 32.8 Å². The molecule has 0 atom stereocenters. The predicted molar refractivity (Wildman–Crippen MR) is 98.7 cm³/mol. The quantitative estimate of drug-likeness (QED) is 0.541. The molecule has 0 saturated heterocycles. The van der Waals surface area contributed by atoms with Gasteiger partial charge in [0.25, 0.3) is 10.0 Å². The SMILES string of the molecule is CCOc1cc(/C=N/NS(=O)(=O)c2ccc(Cl)c(Cl)c2)cc(Cl)c1O. The number of phenols is 1. The molecule has 0 aliphatic carbocycles. The molecule has 0 aromatic heterocycles. The Labute approximate surface area is 160 Å². The highest BCUT2D eigenvalue weighted by Crippen LogP contribution is 2.34. The smallest absolute Gasteiger partial charge is 0.276 e. The van der Waals surface area contributed by atoms with Crippen LogP contribution in [0.2, 0.25) is 15.1 Å². The van der Waals surface area contributed by atoms with E-state index >= 15 is 0 Å². The van der Waals surface area contributed by atoms with Crippen LogP contribution in [0.5, 0.6) is 11.5 Å². The van der Waals surface area contributed by atoms with Crippen LogP contribution in [0.3, 0.4) is 0 Å². The molecular weight excluding hydrogens is 411 g/mol. The molecule has 0 radical (unpaired) electrons. The molecule has 6 nitrogen and oxygen atoms in total. The van der Waals surface area contributed by atoms with E-state index in [9.17, 15) is 13.5 Å². The summed E-state index contributed by atoms with van der Waals surface area (Å²) in [5, 5.41) is 13.9. The van der Waals surface area contributed by atoms with E-state index in [1.54, 1.807) is 6.92 Å². The van der Waals surface area contributed by atoms with Gasteiger partial charge >= 0.3 is 0 Å². The second-order valence-electron chi connectivity index (χ2n) is 4.71. The summed E-state index contributed by atoms with van der Waals surface area (Å²) < 4.78 is 29.6. The first-order chi connectivity index (χ1) is 11.7. The number of sulfonamides is 1. The molecule has 0 unspecified atom stereocenters. The molecule has 2 aromatic carbocycles. The van der Waals surface area contributed by atoms with Crippen LogP contribution in [-0.2, 0) is 10.0 Å². The Morgan fingerprint density at radius 1 is 1.16 bits per heavy atom. The summed E-state index contributed by atoms with van der Waals surface area (Å²) in [6, 6.07) is 6.78. The van der Waals surface area contributed by atoms with Gasteiger partial charge in [0.1, 0.15) is 0 Å². The lowest BCUT2D eigenvalue weighted by atomic mass is 10.2. The normalized spacial score (nSPS) is 11.7. The molecule has 0 saturated carbocycles. The average molecular weight is 424 g/mol. The molecule has 0 amide bonds. The van der Waals surface area contributed by atoms with Gasteiger partial charge in [-0.05, 0) is 42.8 Å². The molecule has 0 aliphatic heterocycles. The number of hydrazone groups is 1. The summed E-state index contributed by atoms with van der Waals surface area (Å²) in [7, 11) is -3.91. The van der Waals surface area contributed by atoms with Gasteiger partial charge in [0.15, 0.2) is 11.5 Å². The summed E-state index contributed by atoms with van der Waals surface area (Å²) in [5.41, 5.74) is 0.433. The molecule has 0 heterocycles. The van der Waals surface area contributed by atoms with E-state index in [1.807, 2.05) is 4.83 Å². The molecule has 134 valence electrons. The minimum Gasteiger partial charge on any atom is -0.503 e. The summed E-state index contributed by atoms with van der Waals surface area (Å²) in [6.07, 6.45) is 1.23. The Kier molecular flexibility index (Phi) is 6.40. The molecule has 0 fully saturated rings. The summed E-state index contributed by atoms with van der Waals surface area (Å²) >= 11 is 17.5. The number of nitrogens with zero attached hydrogens (tertiary/aromatic N) is 1. The van der Waals surface area contributed by atoms with Crippen LogP contribution in [0.25, 0.3) is 0 Å². The number of hydrogen-bond acceptors (Lipinski definition) is 5. The van der Waals surface area contributed by atoms with Crippen LogP contribution in [0.1, 0.15) is 12.5 Å². The van der Waals surface area contributed by atoms with E-state index in [-0.39, 0.29) is 31.5 Å². The van der Waals surface area contributed by atoms with Crippen molar-refractivity contribution < 1.29 is 18.3 Å². The third-order valence-corrected chi connectivity index (χ3v) is 5.19. The number of nitrogens with one attached hydrogen (secondary N) is 1. The molecule has 25 heavy (non-hydrogen) atoms. The molecule has 10 heteroatoms. The van der Waals surface area contributed by atoms with Crippen molar-refractivity contribution in [3.05, 3.63) is 51.0 Å². The number of hydrogen-bond donors (Lipinski definition) is 2. The zero-order chi connectivity index (χ0) is 18.6. The first-order valence-corrected chi connectivity index (χ1v) is 9.51. The van der Waals surface area contributed by atoms with Gasteiger partial charge in [-0.25, -0.2) is 4.83 Å². The van der Waals surface area contributed by atoms with E-state index in [2.05, 4.69) is 5.10 Å². The molecule has 0 aliphatic rings. The van der Waals surface area contributed by atoms with Crippen LogP contribution >= 0.6 is 34.8 Å². The van der Waals surface area contributed by atoms with Crippen molar-refractivity contribution in [3.63, 3.8) is 0 Å². The van der Waals surface area contributed by atoms with Crippen LogP contribution in [0, 0.1) is 0 Å². The number of benzene rings is 2. The second kappa shape index (κ2) is 8.14. The van der Waals surface area contributed by atoms with Crippen LogP contribution < -0.4 is 9.57 Å². The van der Waals surface area contributed by atoms with E-state index in [4.69, 9.17) is 39.5 Å². The Hall–Kier alpha value is -1.67. The fraction of sp³-hybridized carbons (Fsp3) is 0.133. The first kappa shape index (κ1) is 19.7. The molecule has 0 bridgehead atoms. The summed E-state index contributed by atoms with van der Waals surface area (Å²) in [4.78, 5) is 1.96. The van der Waals surface area contributed by atoms with Gasteiger partial charge < -0.3 is 9.84 Å². The average Bonchev–Trinajstić information content (AvgIpc) is 2.54. The van der Waals surface area contributed by atoms with Crippen molar-refractivity contribution in [2.24, 2.45) is 5.10 Å². The monoisotopic (exact) mass is 422 g/mol. The summed E-state index contributed by atoms with van der Waals surface area (Å²) in [5.74, 6) is -0.0270. The second-order valence-corrected chi connectivity index (χ2v) is 7.59. The lowest BCUT2D eigenvalue weighted by Gasteiger charge is -2.08. The topological polar surface area (TPSA) is 88.0 Å². The van der Waals surface area contributed by atoms with Gasteiger partial charge in [-0.3, -0.25) is 0 Å². The van der Waals surface area contributed by atoms with Crippen LogP contribution in [-0.4, -0.2) is 26.3 Å². The molecule has 2 aromatic rings. The lowest BCUT2D eigenvalue weighted by Crippen LogP contribution is -2.18. The first-order valence-electron chi connectivity index (χ1n) is 6.90. The van der Waals surface area contributed by atoms with Gasteiger partial charge in [-0.2, -0.15) is 13.5 Å². The van der Waals surface area contributed by atoms with E-state index < -0.39 is 10.0 Å². The number of aromatic hydroxyl groups is 1. The van der Waals surface area contributed by atoms with Gasteiger partial charge in [0.2, 0.25) is 0 Å². The fourth-order valence-corrected chi connectivity index (χ4v) is 3.20. The fourth-order valence-electron chi connectivity index (χ4n) is 1.80. The number of phenolic OH excluding ortho intramolecular Hbond substituents is 1. The maximum absolute atomic E-state index is 12.2. The van der Waals surface area contributed by atoms with Crippen molar-refractivity contribution in [2.75, 3.05) is 6.61 Å². The lowest BCUT2D eigenvalue weighted by molar-refractivity contribution is 0.318. The molecule has 0 spiro atoms.